The van der Waals surface area contributed by atoms with Gasteiger partial charge in [0.2, 0.25) is 5.95 Å². The normalized spacial score (nSPS) is 14.6. The number of nitrogens with zero attached hydrogens (tertiary/aromatic N) is 3. The molecule has 0 fully saturated rings. The van der Waals surface area contributed by atoms with E-state index in [4.69, 9.17) is 21.1 Å². The molecule has 1 aromatic heterocycles. The number of fused-ring (bicyclic) bond motifs is 1. The Kier molecular flexibility index (Phi) is 6.60. The highest BCUT2D eigenvalue weighted by molar-refractivity contribution is 6.31. The number of benzene rings is 3. The van der Waals surface area contributed by atoms with Gasteiger partial charge in [0.05, 0.1) is 18.4 Å². The molecule has 4 aromatic rings. The molecule has 0 bridgehead atoms. The van der Waals surface area contributed by atoms with Gasteiger partial charge < -0.3 is 20.1 Å². The molecule has 1 unspecified atom stereocenters. The SMILES string of the molecule is COc1ccccc1NC(=O)C1=C(C)Nc2ncnn2C1c1ccccc1OCc1ccccc1Cl. The summed E-state index contributed by atoms with van der Waals surface area (Å²) in [5.41, 5.74) is 3.34. The fraction of sp³-hybridized carbons (Fsp3) is 0.148. The smallest absolute Gasteiger partial charge is 0.255 e. The van der Waals surface area contributed by atoms with Crippen LogP contribution >= 0.6 is 11.6 Å². The van der Waals surface area contributed by atoms with E-state index in [0.29, 0.717) is 39.4 Å². The summed E-state index contributed by atoms with van der Waals surface area (Å²) < 4.78 is 13.3. The summed E-state index contributed by atoms with van der Waals surface area (Å²) in [6.45, 7) is 2.12. The van der Waals surface area contributed by atoms with Crippen LogP contribution in [0.25, 0.3) is 0 Å². The van der Waals surface area contributed by atoms with Crippen LogP contribution in [-0.4, -0.2) is 27.8 Å². The summed E-state index contributed by atoms with van der Waals surface area (Å²) in [6, 6.07) is 21.8. The number of para-hydroxylation sites is 3. The van der Waals surface area contributed by atoms with E-state index in [1.54, 1.807) is 23.9 Å². The third-order valence-electron chi connectivity index (χ3n) is 5.95. The molecule has 5 rings (SSSR count). The van der Waals surface area contributed by atoms with Gasteiger partial charge in [0.25, 0.3) is 5.91 Å². The largest absolute Gasteiger partial charge is 0.495 e. The second-order valence-corrected chi connectivity index (χ2v) is 8.57. The van der Waals surface area contributed by atoms with Gasteiger partial charge in [-0.1, -0.05) is 60.1 Å². The molecule has 182 valence electrons. The van der Waals surface area contributed by atoms with Crippen molar-refractivity contribution in [2.75, 3.05) is 17.7 Å². The molecule has 1 aliphatic heterocycles. The topological polar surface area (TPSA) is 90.3 Å². The van der Waals surface area contributed by atoms with Crippen molar-refractivity contribution in [3.63, 3.8) is 0 Å². The van der Waals surface area contributed by atoms with Gasteiger partial charge in [-0.2, -0.15) is 10.1 Å². The molecule has 0 radical (unpaired) electrons. The molecular weight excluding hydrogens is 478 g/mol. The molecule has 36 heavy (non-hydrogen) atoms. The molecule has 8 nitrogen and oxygen atoms in total. The molecule has 0 spiro atoms. The van der Waals surface area contributed by atoms with Crippen LogP contribution in [0.1, 0.15) is 24.1 Å². The van der Waals surface area contributed by atoms with Gasteiger partial charge in [-0.25, -0.2) is 4.68 Å². The molecule has 2 N–H and O–H groups in total. The second kappa shape index (κ2) is 10.1. The molecule has 3 aromatic carbocycles. The third-order valence-corrected chi connectivity index (χ3v) is 6.32. The molecule has 1 aliphatic rings. The first-order chi connectivity index (χ1) is 17.6. The number of halogens is 1. The summed E-state index contributed by atoms with van der Waals surface area (Å²) >= 11 is 6.34. The Morgan fingerprint density at radius 1 is 1.06 bits per heavy atom. The minimum Gasteiger partial charge on any atom is -0.495 e. The maximum atomic E-state index is 13.7. The van der Waals surface area contributed by atoms with Gasteiger partial charge in [-0.15, -0.1) is 0 Å². The van der Waals surface area contributed by atoms with Crippen LogP contribution in [0.2, 0.25) is 5.02 Å². The highest BCUT2D eigenvalue weighted by atomic mass is 35.5. The summed E-state index contributed by atoms with van der Waals surface area (Å²) in [7, 11) is 1.56. The van der Waals surface area contributed by atoms with Crippen molar-refractivity contribution >= 4 is 29.1 Å². The van der Waals surface area contributed by atoms with Crippen LogP contribution in [0.15, 0.2) is 90.4 Å². The van der Waals surface area contributed by atoms with E-state index < -0.39 is 6.04 Å². The first kappa shape index (κ1) is 23.4. The molecular formula is C27H24ClN5O3. The van der Waals surface area contributed by atoms with Crippen molar-refractivity contribution in [2.24, 2.45) is 0 Å². The standard InChI is InChI=1S/C27H24ClN5O3/c1-17-24(26(34)32-21-12-6-8-14-23(21)35-2)25(33-27(31-17)29-16-30-33)19-10-4-7-13-22(19)36-15-18-9-3-5-11-20(18)28/h3-14,16,25H,15H2,1-2H3,(H,32,34)(H,29,30,31). The number of carbonyl (C=O) groups excluding carboxylic acids is 1. The van der Waals surface area contributed by atoms with Crippen molar-refractivity contribution in [3.8, 4) is 11.5 Å². The van der Waals surface area contributed by atoms with Gasteiger partial charge >= 0.3 is 0 Å². The molecule has 0 saturated carbocycles. The highest BCUT2D eigenvalue weighted by Crippen LogP contribution is 2.40. The zero-order valence-electron chi connectivity index (χ0n) is 19.7. The first-order valence-electron chi connectivity index (χ1n) is 11.3. The number of methoxy groups -OCH3 is 1. The average molecular weight is 502 g/mol. The predicted octanol–water partition coefficient (Wildman–Crippen LogP) is 5.45. The summed E-state index contributed by atoms with van der Waals surface area (Å²) in [6.07, 6.45) is 1.46. The number of hydrogen-bond donors (Lipinski definition) is 2. The number of amides is 1. The van der Waals surface area contributed by atoms with Crippen LogP contribution in [0.3, 0.4) is 0 Å². The summed E-state index contributed by atoms with van der Waals surface area (Å²) in [5, 5.41) is 11.2. The fourth-order valence-corrected chi connectivity index (χ4v) is 4.41. The van der Waals surface area contributed by atoms with Gasteiger partial charge in [0.15, 0.2) is 0 Å². The lowest BCUT2D eigenvalue weighted by molar-refractivity contribution is -0.113. The van der Waals surface area contributed by atoms with E-state index in [0.717, 1.165) is 11.1 Å². The quantitative estimate of drug-likeness (QED) is 0.350. The Bertz CT molecular complexity index is 1450. The van der Waals surface area contributed by atoms with Crippen molar-refractivity contribution < 1.29 is 14.3 Å². The number of allylic oxidation sites excluding steroid dienone is 1. The Hall–Kier alpha value is -4.30. The lowest BCUT2D eigenvalue weighted by atomic mass is 9.94. The minimum absolute atomic E-state index is 0.275. The van der Waals surface area contributed by atoms with Crippen molar-refractivity contribution in [3.05, 3.63) is 107 Å². The van der Waals surface area contributed by atoms with E-state index in [-0.39, 0.29) is 12.5 Å². The maximum Gasteiger partial charge on any atom is 0.255 e. The van der Waals surface area contributed by atoms with Crippen molar-refractivity contribution in [1.82, 2.24) is 14.8 Å². The Morgan fingerprint density at radius 2 is 1.78 bits per heavy atom. The highest BCUT2D eigenvalue weighted by Gasteiger charge is 2.35. The monoisotopic (exact) mass is 501 g/mol. The molecule has 1 amide bonds. The molecule has 0 saturated heterocycles. The van der Waals surface area contributed by atoms with Crippen LogP contribution in [0.4, 0.5) is 11.6 Å². The third kappa shape index (κ3) is 4.50. The van der Waals surface area contributed by atoms with E-state index in [1.165, 1.54) is 6.33 Å². The predicted molar refractivity (Wildman–Crippen MR) is 138 cm³/mol. The number of rotatable bonds is 7. The van der Waals surface area contributed by atoms with Crippen LogP contribution in [0, 0.1) is 0 Å². The number of nitrogens with one attached hydrogen (secondary N) is 2. The Balaban J connectivity index is 1.53. The maximum absolute atomic E-state index is 13.7. The van der Waals surface area contributed by atoms with E-state index >= 15 is 0 Å². The zero-order valence-corrected chi connectivity index (χ0v) is 20.5. The Labute approximate surface area is 213 Å². The number of aromatic nitrogens is 3. The van der Waals surface area contributed by atoms with Gasteiger partial charge in [0, 0.05) is 21.8 Å². The lowest BCUT2D eigenvalue weighted by Gasteiger charge is -2.30. The molecule has 1 atom stereocenters. The van der Waals surface area contributed by atoms with Crippen molar-refractivity contribution in [2.45, 2.75) is 19.6 Å². The minimum atomic E-state index is -0.582. The van der Waals surface area contributed by atoms with Crippen LogP contribution < -0.4 is 20.1 Å². The van der Waals surface area contributed by atoms with Gasteiger partial charge in [-0.05, 0) is 31.2 Å². The van der Waals surface area contributed by atoms with Crippen LogP contribution in [-0.2, 0) is 11.4 Å². The Morgan fingerprint density at radius 3 is 2.58 bits per heavy atom. The number of ether oxygens (including phenoxy) is 2. The van der Waals surface area contributed by atoms with Crippen LogP contribution in [0.5, 0.6) is 11.5 Å². The average Bonchev–Trinajstić information content (AvgIpc) is 3.36. The summed E-state index contributed by atoms with van der Waals surface area (Å²) in [4.78, 5) is 18.0. The number of carbonyl (C=O) groups is 1. The summed E-state index contributed by atoms with van der Waals surface area (Å²) in [5.74, 6) is 1.42. The molecule has 2 heterocycles. The number of hydrogen-bond acceptors (Lipinski definition) is 6. The number of anilines is 2. The van der Waals surface area contributed by atoms with E-state index in [9.17, 15) is 4.79 Å². The fourth-order valence-electron chi connectivity index (χ4n) is 4.22. The first-order valence-corrected chi connectivity index (χ1v) is 11.7. The van der Waals surface area contributed by atoms with E-state index in [1.807, 2.05) is 67.6 Å². The lowest BCUT2D eigenvalue weighted by Crippen LogP contribution is -2.31. The zero-order chi connectivity index (χ0) is 25.1. The molecule has 0 aliphatic carbocycles. The van der Waals surface area contributed by atoms with Gasteiger partial charge in [0.1, 0.15) is 30.5 Å². The molecule has 9 heteroatoms. The van der Waals surface area contributed by atoms with Gasteiger partial charge in [-0.3, -0.25) is 4.79 Å². The van der Waals surface area contributed by atoms with E-state index in [2.05, 4.69) is 20.7 Å². The second-order valence-electron chi connectivity index (χ2n) is 8.17. The van der Waals surface area contributed by atoms with Crippen molar-refractivity contribution in [1.29, 1.82) is 0 Å².